The van der Waals surface area contributed by atoms with E-state index in [-0.39, 0.29) is 22.8 Å². The van der Waals surface area contributed by atoms with E-state index in [1.54, 1.807) is 37.3 Å². The molecule has 0 amide bonds. The number of hydrogen-bond acceptors (Lipinski definition) is 9. The van der Waals surface area contributed by atoms with E-state index in [2.05, 4.69) is 4.98 Å². The van der Waals surface area contributed by atoms with E-state index in [9.17, 15) is 30.5 Å². The molecule has 0 bridgehead atoms. The summed E-state index contributed by atoms with van der Waals surface area (Å²) in [7, 11) is 0. The van der Waals surface area contributed by atoms with E-state index < -0.39 is 37.3 Å². The Morgan fingerprint density at radius 1 is 1.21 bits per heavy atom. The van der Waals surface area contributed by atoms with Gasteiger partial charge in [-0.1, -0.05) is 30.3 Å². The molecule has 1 aliphatic heterocycles. The van der Waals surface area contributed by atoms with Crippen LogP contribution in [0.5, 0.6) is 5.88 Å². The molecule has 0 saturated carbocycles. The molecule has 0 aliphatic carbocycles. The molecule has 2 aromatic rings. The van der Waals surface area contributed by atoms with E-state index in [1.165, 1.54) is 6.20 Å². The van der Waals surface area contributed by atoms with Crippen LogP contribution in [0, 0.1) is 18.3 Å². The highest BCUT2D eigenvalue weighted by atomic mass is 16.7. The second-order valence-corrected chi connectivity index (χ2v) is 6.60. The predicted octanol–water partition coefficient (Wildman–Crippen LogP) is -0.329. The van der Waals surface area contributed by atoms with Crippen LogP contribution in [0.1, 0.15) is 27.0 Å². The number of carbonyl (C=O) groups is 1. The van der Waals surface area contributed by atoms with Crippen LogP contribution in [0.15, 0.2) is 36.5 Å². The number of carbonyl (C=O) groups excluding carboxylic acids is 1. The van der Waals surface area contributed by atoms with Gasteiger partial charge in [-0.25, -0.2) is 4.98 Å². The molecule has 1 aromatic carbocycles. The predicted molar refractivity (Wildman–Crippen MR) is 98.0 cm³/mol. The van der Waals surface area contributed by atoms with Gasteiger partial charge in [-0.2, -0.15) is 5.26 Å². The van der Waals surface area contributed by atoms with Gasteiger partial charge in [-0.15, -0.1) is 0 Å². The third-order valence-electron chi connectivity index (χ3n) is 4.77. The van der Waals surface area contributed by atoms with Crippen LogP contribution in [0.2, 0.25) is 0 Å². The molecule has 9 nitrogen and oxygen atoms in total. The molecule has 29 heavy (non-hydrogen) atoms. The quantitative estimate of drug-likeness (QED) is 0.494. The SMILES string of the molecule is Cc1c(C(=O)c2ccccc2)cnc(O[C@@H]2O[C@H](CO)[C@@H](O)[C@H](O)[C@H]2O)c1C#N. The van der Waals surface area contributed by atoms with Gasteiger partial charge in [-0.05, 0) is 12.5 Å². The molecular weight excluding hydrogens is 380 g/mol. The largest absolute Gasteiger partial charge is 0.444 e. The molecule has 4 N–H and O–H groups in total. The van der Waals surface area contributed by atoms with Crippen molar-refractivity contribution in [1.29, 1.82) is 5.26 Å². The number of pyridine rings is 1. The Labute approximate surface area is 166 Å². The van der Waals surface area contributed by atoms with Gasteiger partial charge in [0.25, 0.3) is 0 Å². The molecule has 2 heterocycles. The number of ketones is 1. The summed E-state index contributed by atoms with van der Waals surface area (Å²) in [6.45, 7) is 0.948. The maximum absolute atomic E-state index is 12.7. The fourth-order valence-corrected chi connectivity index (χ4v) is 3.05. The molecule has 3 rings (SSSR count). The Morgan fingerprint density at radius 3 is 2.52 bits per heavy atom. The van der Waals surface area contributed by atoms with Crippen LogP contribution >= 0.6 is 0 Å². The van der Waals surface area contributed by atoms with Crippen molar-refractivity contribution in [1.82, 2.24) is 4.98 Å². The Morgan fingerprint density at radius 2 is 1.90 bits per heavy atom. The highest BCUT2D eigenvalue weighted by Gasteiger charge is 2.45. The van der Waals surface area contributed by atoms with Crippen LogP contribution < -0.4 is 4.74 Å². The van der Waals surface area contributed by atoms with Gasteiger partial charge in [-0.3, -0.25) is 4.79 Å². The standard InChI is InChI=1S/C20H20N2O7/c1-10-12(7-21)19(22-8-13(10)15(24)11-5-3-2-4-6-11)29-20-18(27)17(26)16(25)14(9-23)28-20/h2-6,8,14,16-18,20,23,25-27H,9H2,1H3/t14-,16-,17+,18-,20+/m1/s1. The van der Waals surface area contributed by atoms with Crippen LogP contribution in [0.3, 0.4) is 0 Å². The zero-order valence-electron chi connectivity index (χ0n) is 15.5. The van der Waals surface area contributed by atoms with E-state index in [4.69, 9.17) is 9.47 Å². The number of rotatable bonds is 5. The number of aromatic nitrogens is 1. The van der Waals surface area contributed by atoms with Gasteiger partial charge in [0.1, 0.15) is 36.0 Å². The maximum atomic E-state index is 12.7. The Hall–Kier alpha value is -2.87. The normalized spacial score (nSPS) is 26.6. The second-order valence-electron chi connectivity index (χ2n) is 6.60. The minimum atomic E-state index is -1.65. The first-order valence-corrected chi connectivity index (χ1v) is 8.85. The summed E-state index contributed by atoms with van der Waals surface area (Å²) in [6, 6.07) is 10.4. The monoisotopic (exact) mass is 400 g/mol. The molecule has 5 atom stereocenters. The highest BCUT2D eigenvalue weighted by Crippen LogP contribution is 2.28. The lowest BCUT2D eigenvalue weighted by Crippen LogP contribution is -2.60. The molecule has 0 unspecified atom stereocenters. The maximum Gasteiger partial charge on any atom is 0.234 e. The second kappa shape index (κ2) is 8.65. The number of hydrogen-bond donors (Lipinski definition) is 4. The minimum Gasteiger partial charge on any atom is -0.444 e. The molecule has 0 spiro atoms. The van der Waals surface area contributed by atoms with E-state index >= 15 is 0 Å². The van der Waals surface area contributed by atoms with Crippen molar-refractivity contribution in [3.05, 3.63) is 58.8 Å². The lowest BCUT2D eigenvalue weighted by molar-refractivity contribution is -0.278. The lowest BCUT2D eigenvalue weighted by Gasteiger charge is -2.39. The van der Waals surface area contributed by atoms with Crippen molar-refractivity contribution in [2.45, 2.75) is 37.6 Å². The van der Waals surface area contributed by atoms with Gasteiger partial charge in [0.05, 0.1) is 6.61 Å². The average molecular weight is 400 g/mol. The highest BCUT2D eigenvalue weighted by molar-refractivity contribution is 6.10. The number of aliphatic hydroxyl groups is 4. The fraction of sp³-hybridized carbons (Fsp3) is 0.350. The van der Waals surface area contributed by atoms with Gasteiger partial charge < -0.3 is 29.9 Å². The number of aliphatic hydroxyl groups excluding tert-OH is 4. The molecule has 0 radical (unpaired) electrons. The summed E-state index contributed by atoms with van der Waals surface area (Å²) in [4.78, 5) is 16.7. The Balaban J connectivity index is 1.90. The summed E-state index contributed by atoms with van der Waals surface area (Å²) in [5.74, 6) is -0.523. The summed E-state index contributed by atoms with van der Waals surface area (Å²) < 4.78 is 10.7. The fourth-order valence-electron chi connectivity index (χ4n) is 3.05. The van der Waals surface area contributed by atoms with Crippen molar-refractivity contribution in [3.63, 3.8) is 0 Å². The molecule has 1 aromatic heterocycles. The first-order valence-electron chi connectivity index (χ1n) is 8.85. The van der Waals surface area contributed by atoms with Crippen molar-refractivity contribution in [3.8, 4) is 11.9 Å². The van der Waals surface area contributed by atoms with Gasteiger partial charge in [0.2, 0.25) is 12.2 Å². The Bertz CT molecular complexity index is 926. The average Bonchev–Trinajstić information content (AvgIpc) is 2.74. The summed E-state index contributed by atoms with van der Waals surface area (Å²) in [5.41, 5.74) is 0.942. The number of benzene rings is 1. The van der Waals surface area contributed by atoms with Crippen molar-refractivity contribution >= 4 is 5.78 Å². The summed E-state index contributed by atoms with van der Waals surface area (Å²) in [6.07, 6.45) is -6.20. The third-order valence-corrected chi connectivity index (χ3v) is 4.77. The van der Waals surface area contributed by atoms with Crippen molar-refractivity contribution in [2.24, 2.45) is 0 Å². The third kappa shape index (κ3) is 3.98. The van der Waals surface area contributed by atoms with E-state index in [0.717, 1.165) is 0 Å². The Kier molecular flexibility index (Phi) is 6.22. The first kappa shape index (κ1) is 20.9. The molecule has 1 saturated heterocycles. The van der Waals surface area contributed by atoms with E-state index in [1.807, 2.05) is 6.07 Å². The van der Waals surface area contributed by atoms with Crippen LogP contribution in [0.25, 0.3) is 0 Å². The van der Waals surface area contributed by atoms with Crippen molar-refractivity contribution in [2.75, 3.05) is 6.61 Å². The molecule has 1 fully saturated rings. The summed E-state index contributed by atoms with van der Waals surface area (Å²) >= 11 is 0. The lowest BCUT2D eigenvalue weighted by atomic mass is 9.98. The van der Waals surface area contributed by atoms with Gasteiger partial charge in [0.15, 0.2) is 5.78 Å². The van der Waals surface area contributed by atoms with Gasteiger partial charge >= 0.3 is 0 Å². The van der Waals surface area contributed by atoms with Crippen LogP contribution in [-0.2, 0) is 4.74 Å². The number of nitrogens with zero attached hydrogens (tertiary/aromatic N) is 2. The van der Waals surface area contributed by atoms with Crippen molar-refractivity contribution < 1.29 is 34.7 Å². The first-order chi connectivity index (χ1) is 13.9. The zero-order valence-corrected chi connectivity index (χ0v) is 15.5. The zero-order chi connectivity index (χ0) is 21.1. The molecular formula is C20H20N2O7. The molecule has 152 valence electrons. The smallest absolute Gasteiger partial charge is 0.234 e. The summed E-state index contributed by atoms with van der Waals surface area (Å²) in [5, 5.41) is 48.6. The molecule has 1 aliphatic rings. The van der Waals surface area contributed by atoms with Crippen LogP contribution in [-0.4, -0.2) is 68.5 Å². The van der Waals surface area contributed by atoms with E-state index in [0.29, 0.717) is 11.1 Å². The van der Waals surface area contributed by atoms with Crippen LogP contribution in [0.4, 0.5) is 0 Å². The number of ether oxygens (including phenoxy) is 2. The minimum absolute atomic E-state index is 0.0382. The number of nitriles is 1. The topological polar surface area (TPSA) is 153 Å². The van der Waals surface area contributed by atoms with Gasteiger partial charge in [0, 0.05) is 17.3 Å². The molecule has 9 heteroatoms.